The maximum atomic E-state index is 11.0. The molecule has 2 rings (SSSR count). The van der Waals surface area contributed by atoms with Crippen LogP contribution in [0.2, 0.25) is 0 Å². The summed E-state index contributed by atoms with van der Waals surface area (Å²) in [6.45, 7) is 1.53. The molecule has 5 heteroatoms. The smallest absolute Gasteiger partial charge is 0.220 e. The summed E-state index contributed by atoms with van der Waals surface area (Å²) in [5.74, 6) is 3.05. The number of carbonyl (C=O) groups is 1. The molecular weight excluding hydrogens is 236 g/mol. The monoisotopic (exact) mass is 254 g/mol. The number of hydrogen-bond acceptors (Lipinski definition) is 4. The zero-order valence-electron chi connectivity index (χ0n) is 9.99. The van der Waals surface area contributed by atoms with Crippen LogP contribution in [0.15, 0.2) is 16.5 Å². The van der Waals surface area contributed by atoms with Crippen molar-refractivity contribution in [3.8, 4) is 0 Å². The molecule has 0 aliphatic carbocycles. The quantitative estimate of drug-likeness (QED) is 0.808. The Morgan fingerprint density at radius 2 is 2.35 bits per heavy atom. The number of thioether (sulfide) groups is 1. The average molecular weight is 254 g/mol. The van der Waals surface area contributed by atoms with Gasteiger partial charge in [-0.3, -0.25) is 4.79 Å². The first kappa shape index (κ1) is 12.5. The Morgan fingerprint density at radius 1 is 1.53 bits per heavy atom. The van der Waals surface area contributed by atoms with Crippen LogP contribution in [0, 0.1) is 0 Å². The molecule has 0 radical (unpaired) electrons. The average Bonchev–Trinajstić information content (AvgIpc) is 2.89. The summed E-state index contributed by atoms with van der Waals surface area (Å²) >= 11 is 1.75. The van der Waals surface area contributed by atoms with Crippen LogP contribution >= 0.6 is 11.8 Å². The van der Waals surface area contributed by atoms with Gasteiger partial charge in [0.1, 0.15) is 11.5 Å². The van der Waals surface area contributed by atoms with Gasteiger partial charge in [-0.15, -0.1) is 0 Å². The van der Waals surface area contributed by atoms with E-state index in [1.165, 1.54) is 0 Å². The van der Waals surface area contributed by atoms with Crippen molar-refractivity contribution in [3.63, 3.8) is 0 Å². The minimum Gasteiger partial charge on any atom is -0.464 e. The van der Waals surface area contributed by atoms with Gasteiger partial charge in [0.2, 0.25) is 5.91 Å². The second-order valence-corrected chi connectivity index (χ2v) is 5.10. The first-order chi connectivity index (χ1) is 8.28. The molecule has 1 saturated heterocycles. The molecule has 1 amide bonds. The number of furan rings is 1. The van der Waals surface area contributed by atoms with E-state index in [1.807, 2.05) is 12.1 Å². The van der Waals surface area contributed by atoms with Gasteiger partial charge in [-0.25, -0.2) is 0 Å². The maximum Gasteiger partial charge on any atom is 0.220 e. The highest BCUT2D eigenvalue weighted by Gasteiger charge is 2.19. The molecule has 2 N–H and O–H groups in total. The van der Waals surface area contributed by atoms with E-state index in [1.54, 1.807) is 11.8 Å². The number of rotatable bonds is 6. The molecule has 1 unspecified atom stereocenters. The van der Waals surface area contributed by atoms with Crippen molar-refractivity contribution in [1.29, 1.82) is 0 Å². The van der Waals surface area contributed by atoms with E-state index in [0.29, 0.717) is 6.42 Å². The fraction of sp³-hybridized carbons (Fsp3) is 0.583. The lowest BCUT2D eigenvalue weighted by Crippen LogP contribution is -2.35. The van der Waals surface area contributed by atoms with Crippen molar-refractivity contribution in [3.05, 3.63) is 23.7 Å². The van der Waals surface area contributed by atoms with Crippen LogP contribution in [-0.4, -0.2) is 24.7 Å². The van der Waals surface area contributed by atoms with E-state index in [0.717, 1.165) is 36.8 Å². The Hall–Kier alpha value is -0.940. The van der Waals surface area contributed by atoms with Gasteiger partial charge in [0.25, 0.3) is 0 Å². The van der Waals surface area contributed by atoms with Gasteiger partial charge in [0, 0.05) is 19.0 Å². The van der Waals surface area contributed by atoms with E-state index in [9.17, 15) is 4.79 Å². The predicted molar refractivity (Wildman–Crippen MR) is 68.8 cm³/mol. The molecule has 17 heavy (non-hydrogen) atoms. The number of nitrogens with one attached hydrogen (secondary N) is 2. The zero-order chi connectivity index (χ0) is 12.1. The molecule has 1 atom stereocenters. The minimum absolute atomic E-state index is 0.164. The fourth-order valence-corrected chi connectivity index (χ4v) is 2.38. The standard InChI is InChI=1S/C12H18N2O2S/c1-17-8-11-4-3-10(16-11)7-13-6-9-2-5-12(15)14-9/h3-4,9,13H,2,5-8H2,1H3,(H,14,15). The van der Waals surface area contributed by atoms with Crippen LogP contribution < -0.4 is 10.6 Å². The topological polar surface area (TPSA) is 54.3 Å². The van der Waals surface area contributed by atoms with E-state index in [-0.39, 0.29) is 11.9 Å². The van der Waals surface area contributed by atoms with Gasteiger partial charge < -0.3 is 15.1 Å². The fourth-order valence-electron chi connectivity index (χ4n) is 1.94. The van der Waals surface area contributed by atoms with Crippen LogP contribution in [0.4, 0.5) is 0 Å². The number of carbonyl (C=O) groups excluding carboxylic acids is 1. The molecule has 4 nitrogen and oxygen atoms in total. The van der Waals surface area contributed by atoms with E-state index >= 15 is 0 Å². The maximum absolute atomic E-state index is 11.0. The molecule has 94 valence electrons. The lowest BCUT2D eigenvalue weighted by atomic mass is 10.2. The highest BCUT2D eigenvalue weighted by molar-refractivity contribution is 7.97. The van der Waals surface area contributed by atoms with Crippen LogP contribution in [0.5, 0.6) is 0 Å². The molecule has 1 aliphatic rings. The van der Waals surface area contributed by atoms with Gasteiger partial charge in [0.05, 0.1) is 12.3 Å². The first-order valence-electron chi connectivity index (χ1n) is 5.84. The number of amides is 1. The highest BCUT2D eigenvalue weighted by atomic mass is 32.2. The summed E-state index contributed by atoms with van der Waals surface area (Å²) in [6, 6.07) is 4.31. The Bertz CT molecular complexity index is 378. The van der Waals surface area contributed by atoms with Crippen LogP contribution in [0.25, 0.3) is 0 Å². The Labute approximate surface area is 106 Å². The summed E-state index contributed by atoms with van der Waals surface area (Å²) < 4.78 is 5.64. The third-order valence-corrected chi connectivity index (χ3v) is 3.35. The van der Waals surface area contributed by atoms with Gasteiger partial charge in [0.15, 0.2) is 0 Å². The predicted octanol–water partition coefficient (Wildman–Crippen LogP) is 1.51. The van der Waals surface area contributed by atoms with Gasteiger partial charge in [-0.05, 0) is 24.8 Å². The lowest BCUT2D eigenvalue weighted by molar-refractivity contribution is -0.119. The van der Waals surface area contributed by atoms with Gasteiger partial charge in [-0.2, -0.15) is 11.8 Å². The normalized spacial score (nSPS) is 19.6. The molecule has 1 aliphatic heterocycles. The Kier molecular flexibility index (Phi) is 4.50. The molecule has 1 aromatic rings. The minimum atomic E-state index is 0.164. The van der Waals surface area contributed by atoms with E-state index in [4.69, 9.17) is 4.42 Å². The first-order valence-corrected chi connectivity index (χ1v) is 7.24. The SMILES string of the molecule is CSCc1ccc(CNCC2CCC(=O)N2)o1. The van der Waals surface area contributed by atoms with Crippen molar-refractivity contribution < 1.29 is 9.21 Å². The summed E-state index contributed by atoms with van der Waals surface area (Å²) in [4.78, 5) is 11.0. The molecular formula is C12H18N2O2S. The summed E-state index contributed by atoms with van der Waals surface area (Å²) in [6.07, 6.45) is 3.65. The summed E-state index contributed by atoms with van der Waals surface area (Å²) in [5, 5.41) is 6.23. The van der Waals surface area contributed by atoms with Crippen molar-refractivity contribution >= 4 is 17.7 Å². The molecule has 0 bridgehead atoms. The molecule has 0 saturated carbocycles. The van der Waals surface area contributed by atoms with Crippen molar-refractivity contribution in [1.82, 2.24) is 10.6 Å². The van der Waals surface area contributed by atoms with E-state index < -0.39 is 0 Å². The van der Waals surface area contributed by atoms with Crippen LogP contribution in [0.1, 0.15) is 24.4 Å². The third kappa shape index (κ3) is 3.78. The molecule has 0 aromatic carbocycles. The largest absolute Gasteiger partial charge is 0.464 e. The summed E-state index contributed by atoms with van der Waals surface area (Å²) in [7, 11) is 0. The molecule has 1 aromatic heterocycles. The van der Waals surface area contributed by atoms with Gasteiger partial charge >= 0.3 is 0 Å². The van der Waals surface area contributed by atoms with Crippen molar-refractivity contribution in [2.75, 3.05) is 12.8 Å². The van der Waals surface area contributed by atoms with Crippen molar-refractivity contribution in [2.24, 2.45) is 0 Å². The Balaban J connectivity index is 1.68. The van der Waals surface area contributed by atoms with Crippen molar-refractivity contribution in [2.45, 2.75) is 31.2 Å². The van der Waals surface area contributed by atoms with E-state index in [2.05, 4.69) is 16.9 Å². The Morgan fingerprint density at radius 3 is 3.06 bits per heavy atom. The third-order valence-electron chi connectivity index (χ3n) is 2.78. The second-order valence-electron chi connectivity index (χ2n) is 4.24. The summed E-state index contributed by atoms with van der Waals surface area (Å²) in [5.41, 5.74) is 0. The molecule has 1 fully saturated rings. The molecule has 2 heterocycles. The zero-order valence-corrected chi connectivity index (χ0v) is 10.8. The second kappa shape index (κ2) is 6.12. The highest BCUT2D eigenvalue weighted by Crippen LogP contribution is 2.13. The van der Waals surface area contributed by atoms with Crippen LogP contribution in [-0.2, 0) is 17.1 Å². The van der Waals surface area contributed by atoms with Crippen LogP contribution in [0.3, 0.4) is 0 Å². The lowest BCUT2D eigenvalue weighted by Gasteiger charge is -2.09. The number of hydrogen-bond donors (Lipinski definition) is 2. The van der Waals surface area contributed by atoms with Gasteiger partial charge in [-0.1, -0.05) is 0 Å². The molecule has 0 spiro atoms.